The predicted octanol–water partition coefficient (Wildman–Crippen LogP) is 7.58. The van der Waals surface area contributed by atoms with E-state index in [9.17, 15) is 31.9 Å². The van der Waals surface area contributed by atoms with Crippen LogP contribution in [0.25, 0.3) is 33.1 Å². The fraction of sp³-hybridized carbons (Fsp3) is 0.438. The minimum Gasteiger partial charge on any atom is -0.481 e. The van der Waals surface area contributed by atoms with E-state index in [0.29, 0.717) is 42.5 Å². The van der Waals surface area contributed by atoms with Crippen molar-refractivity contribution in [2.45, 2.75) is 63.5 Å². The summed E-state index contributed by atoms with van der Waals surface area (Å²) in [4.78, 5) is 25.4. The molecule has 15 heteroatoms. The van der Waals surface area contributed by atoms with Crippen LogP contribution in [0.2, 0.25) is 0 Å². The average Bonchev–Trinajstić information content (AvgIpc) is 3.57. The Morgan fingerprint density at radius 2 is 1.89 bits per heavy atom. The molecule has 1 saturated heterocycles. The molecule has 248 valence electrons. The van der Waals surface area contributed by atoms with Gasteiger partial charge >= 0.3 is 12.3 Å². The third-order valence-corrected chi connectivity index (χ3v) is 8.99. The number of rotatable bonds is 7. The predicted molar refractivity (Wildman–Crippen MR) is 156 cm³/mol. The van der Waals surface area contributed by atoms with Crippen molar-refractivity contribution in [3.8, 4) is 11.8 Å². The maximum absolute atomic E-state index is 13.9. The van der Waals surface area contributed by atoms with E-state index in [2.05, 4.69) is 19.7 Å². The van der Waals surface area contributed by atoms with Gasteiger partial charge in [0, 0.05) is 35.9 Å². The standard InChI is InChI=1S/C32H29F5N4O6/c1-15-14-44-11-10-22(15)41-23-9-7-17(47-32(35,36)37)13-21(23)38-31(41)45-16-6-8-18(20(12-16)30(42)43)25-27-26(40-29(39-25)28(33)34)19-4-2-3-5-24(19)46-27/h2-5,7,9,13,15-16,18,20,22,28H,6,8,10-12,14H2,1H3,(H,42,43)/t15-,16+,18?,20+,22-/m0/s1. The molecule has 0 bridgehead atoms. The first-order valence-electron chi connectivity index (χ1n) is 15.2. The van der Waals surface area contributed by atoms with Gasteiger partial charge in [0.25, 0.3) is 12.4 Å². The summed E-state index contributed by atoms with van der Waals surface area (Å²) in [6.45, 7) is 2.91. The maximum Gasteiger partial charge on any atom is 0.573 e. The van der Waals surface area contributed by atoms with Crippen LogP contribution in [0.15, 0.2) is 46.9 Å². The van der Waals surface area contributed by atoms with E-state index in [1.54, 1.807) is 24.3 Å². The highest BCUT2D eigenvalue weighted by Crippen LogP contribution is 2.44. The highest BCUT2D eigenvalue weighted by atomic mass is 19.4. The molecule has 1 unspecified atom stereocenters. The molecule has 1 aliphatic carbocycles. The number of hydrogen-bond acceptors (Lipinski definition) is 8. The molecular formula is C32H29F5N4O6. The van der Waals surface area contributed by atoms with Crippen LogP contribution in [0.1, 0.15) is 62.5 Å². The molecule has 10 nitrogen and oxygen atoms in total. The molecule has 0 amide bonds. The van der Waals surface area contributed by atoms with E-state index < -0.39 is 48.3 Å². The smallest absolute Gasteiger partial charge is 0.481 e. The SMILES string of the molecule is C[C@H]1COCC[C@@H]1n1c(O[C@@H]2CCC(c3nc(C(F)F)nc4c3oc3ccccc34)[C@H](C(=O)O)C2)nc2cc(OC(F)(F)F)ccc21. The van der Waals surface area contributed by atoms with Gasteiger partial charge in [0.15, 0.2) is 11.4 Å². The van der Waals surface area contributed by atoms with E-state index >= 15 is 0 Å². The zero-order valence-corrected chi connectivity index (χ0v) is 24.9. The van der Waals surface area contributed by atoms with Crippen molar-refractivity contribution < 1.29 is 50.5 Å². The second kappa shape index (κ2) is 11.9. The lowest BCUT2D eigenvalue weighted by molar-refractivity contribution is -0.274. The van der Waals surface area contributed by atoms with Crippen molar-refractivity contribution >= 4 is 39.1 Å². The van der Waals surface area contributed by atoms with E-state index in [-0.39, 0.29) is 53.1 Å². The Bertz CT molecular complexity index is 1960. The molecule has 0 spiro atoms. The summed E-state index contributed by atoms with van der Waals surface area (Å²) in [7, 11) is 0. The number of ether oxygens (including phenoxy) is 3. The van der Waals surface area contributed by atoms with Crippen LogP contribution >= 0.6 is 0 Å². The van der Waals surface area contributed by atoms with Crippen LogP contribution in [0.5, 0.6) is 11.8 Å². The number of furan rings is 1. The molecule has 2 aliphatic rings. The first-order chi connectivity index (χ1) is 22.5. The summed E-state index contributed by atoms with van der Waals surface area (Å²) in [6.07, 6.45) is -7.41. The number of imidazole rings is 1. The number of nitrogens with zero attached hydrogens (tertiary/aromatic N) is 4. The van der Waals surface area contributed by atoms with Gasteiger partial charge in [-0.25, -0.2) is 18.7 Å². The lowest BCUT2D eigenvalue weighted by atomic mass is 9.76. The summed E-state index contributed by atoms with van der Waals surface area (Å²) in [5.41, 5.74) is 1.63. The van der Waals surface area contributed by atoms with E-state index in [4.69, 9.17) is 13.9 Å². The van der Waals surface area contributed by atoms with Crippen LogP contribution in [-0.4, -0.2) is 56.3 Å². The minimum absolute atomic E-state index is 0.00922. The molecule has 1 saturated carbocycles. The Kier molecular flexibility index (Phi) is 7.89. The van der Waals surface area contributed by atoms with Crippen molar-refractivity contribution in [2.75, 3.05) is 13.2 Å². The van der Waals surface area contributed by atoms with Gasteiger partial charge in [-0.15, -0.1) is 13.2 Å². The number of hydrogen-bond donors (Lipinski definition) is 1. The lowest BCUT2D eigenvalue weighted by Gasteiger charge is -2.35. The monoisotopic (exact) mass is 660 g/mol. The van der Waals surface area contributed by atoms with Gasteiger partial charge in [0.1, 0.15) is 23.0 Å². The largest absolute Gasteiger partial charge is 0.573 e. The van der Waals surface area contributed by atoms with Gasteiger partial charge in [0.2, 0.25) is 0 Å². The Balaban J connectivity index is 1.23. The van der Waals surface area contributed by atoms with Crippen molar-refractivity contribution in [3.05, 3.63) is 54.0 Å². The maximum atomic E-state index is 13.9. The number of carbonyl (C=O) groups is 1. The number of carboxylic acids is 1. The zero-order valence-electron chi connectivity index (χ0n) is 24.9. The Morgan fingerprint density at radius 1 is 1.09 bits per heavy atom. The number of fused-ring (bicyclic) bond motifs is 4. The van der Waals surface area contributed by atoms with E-state index in [1.807, 2.05) is 11.5 Å². The Labute approximate surface area is 263 Å². The molecule has 1 aliphatic heterocycles. The molecule has 5 aromatic rings. The highest BCUT2D eigenvalue weighted by Gasteiger charge is 2.41. The number of para-hydroxylation sites is 1. The van der Waals surface area contributed by atoms with Gasteiger partial charge in [-0.05, 0) is 49.9 Å². The highest BCUT2D eigenvalue weighted by molar-refractivity contribution is 6.03. The first-order valence-corrected chi connectivity index (χ1v) is 15.2. The number of carboxylic acid groups (broad SMARTS) is 1. The van der Waals surface area contributed by atoms with Crippen LogP contribution in [0, 0.1) is 11.8 Å². The van der Waals surface area contributed by atoms with Crippen molar-refractivity contribution in [1.82, 2.24) is 19.5 Å². The molecule has 3 aromatic heterocycles. The van der Waals surface area contributed by atoms with Gasteiger partial charge < -0.3 is 23.7 Å². The number of halogens is 5. The lowest BCUT2D eigenvalue weighted by Crippen LogP contribution is -2.36. The summed E-state index contributed by atoms with van der Waals surface area (Å²) in [5.74, 6) is -4.16. The zero-order chi connectivity index (χ0) is 33.0. The summed E-state index contributed by atoms with van der Waals surface area (Å²) in [5, 5.41) is 10.9. The molecule has 1 N–H and O–H groups in total. The van der Waals surface area contributed by atoms with Crippen LogP contribution < -0.4 is 9.47 Å². The van der Waals surface area contributed by atoms with Gasteiger partial charge in [-0.2, -0.15) is 4.98 Å². The molecule has 4 heterocycles. The third-order valence-electron chi connectivity index (χ3n) is 8.99. The fourth-order valence-corrected chi connectivity index (χ4v) is 6.88. The summed E-state index contributed by atoms with van der Waals surface area (Å²) >= 11 is 0. The number of alkyl halides is 5. The van der Waals surface area contributed by atoms with Crippen LogP contribution in [0.3, 0.4) is 0 Å². The fourth-order valence-electron chi connectivity index (χ4n) is 6.88. The van der Waals surface area contributed by atoms with E-state index in [0.717, 1.165) is 0 Å². The molecule has 47 heavy (non-hydrogen) atoms. The van der Waals surface area contributed by atoms with Crippen LogP contribution in [0.4, 0.5) is 22.0 Å². The Morgan fingerprint density at radius 3 is 2.64 bits per heavy atom. The molecule has 2 aromatic carbocycles. The first kappa shape index (κ1) is 31.1. The minimum atomic E-state index is -4.89. The number of aliphatic carboxylic acids is 1. The van der Waals surface area contributed by atoms with Crippen molar-refractivity contribution in [1.29, 1.82) is 0 Å². The Hall–Kier alpha value is -4.53. The van der Waals surface area contributed by atoms with Crippen molar-refractivity contribution in [2.24, 2.45) is 11.8 Å². The van der Waals surface area contributed by atoms with Crippen LogP contribution in [-0.2, 0) is 9.53 Å². The normalized spacial score (nSPS) is 23.9. The topological polar surface area (TPSA) is 122 Å². The molecule has 7 rings (SSSR count). The third kappa shape index (κ3) is 5.92. The second-order valence-corrected chi connectivity index (χ2v) is 12.0. The van der Waals surface area contributed by atoms with Gasteiger partial charge in [-0.1, -0.05) is 19.1 Å². The summed E-state index contributed by atoms with van der Waals surface area (Å²) < 4.78 is 90.7. The molecule has 0 radical (unpaired) electrons. The molecule has 2 fully saturated rings. The quantitative estimate of drug-likeness (QED) is 0.176. The average molecular weight is 661 g/mol. The van der Waals surface area contributed by atoms with Gasteiger partial charge in [-0.3, -0.25) is 9.36 Å². The molecular weight excluding hydrogens is 631 g/mol. The number of aromatic nitrogens is 4. The molecule has 5 atom stereocenters. The van der Waals surface area contributed by atoms with E-state index in [1.165, 1.54) is 18.2 Å². The number of benzene rings is 2. The summed E-state index contributed by atoms with van der Waals surface area (Å²) in [6, 6.07) is 10.7. The van der Waals surface area contributed by atoms with Gasteiger partial charge in [0.05, 0.1) is 29.3 Å². The second-order valence-electron chi connectivity index (χ2n) is 12.0. The van der Waals surface area contributed by atoms with Crippen molar-refractivity contribution in [3.63, 3.8) is 0 Å².